The van der Waals surface area contributed by atoms with Crippen LogP contribution in [0.25, 0.3) is 0 Å². The van der Waals surface area contributed by atoms with E-state index in [4.69, 9.17) is 21.6 Å². The number of benzene rings is 1. The third-order valence-electron chi connectivity index (χ3n) is 4.48. The van der Waals surface area contributed by atoms with Crippen LogP contribution in [0.1, 0.15) is 24.8 Å². The summed E-state index contributed by atoms with van der Waals surface area (Å²) in [6.07, 6.45) is 8.54. The molecule has 132 valence electrons. The molecule has 0 amide bonds. The molecule has 1 aliphatic rings. The Labute approximate surface area is 153 Å². The maximum Gasteiger partial charge on any atom is 0.123 e. The number of hydrogen-bond donors (Lipinski definition) is 0. The molecule has 0 aliphatic carbocycles. The van der Waals surface area contributed by atoms with Gasteiger partial charge in [-0.15, -0.1) is 0 Å². The van der Waals surface area contributed by atoms with Crippen LogP contribution < -0.4 is 4.74 Å². The van der Waals surface area contributed by atoms with Crippen molar-refractivity contribution in [2.75, 3.05) is 19.7 Å². The molecule has 25 heavy (non-hydrogen) atoms. The van der Waals surface area contributed by atoms with Gasteiger partial charge in [-0.3, -0.25) is 4.90 Å². The first-order valence-electron chi connectivity index (χ1n) is 8.73. The van der Waals surface area contributed by atoms with Gasteiger partial charge in [-0.1, -0.05) is 11.6 Å². The normalized spacial score (nSPS) is 18.0. The van der Waals surface area contributed by atoms with Crippen LogP contribution in [0, 0.1) is 17.2 Å². The van der Waals surface area contributed by atoms with Gasteiger partial charge >= 0.3 is 0 Å². The fraction of sp³-hybridized carbons (Fsp3) is 0.474. The SMILES string of the molecule is N#CC1CCCN(Cc2cc(Cl)ccc2OCCCn2ccnc2)C1. The third-order valence-corrected chi connectivity index (χ3v) is 4.72. The van der Waals surface area contributed by atoms with Gasteiger partial charge in [0.1, 0.15) is 5.75 Å². The predicted octanol–water partition coefficient (Wildman–Crippen LogP) is 3.74. The smallest absolute Gasteiger partial charge is 0.123 e. The number of imidazole rings is 1. The minimum Gasteiger partial charge on any atom is -0.493 e. The first kappa shape index (κ1) is 17.8. The number of ether oxygens (including phenoxy) is 1. The summed E-state index contributed by atoms with van der Waals surface area (Å²) in [5.74, 6) is 1.02. The van der Waals surface area contributed by atoms with Gasteiger partial charge in [0, 0.05) is 42.6 Å². The van der Waals surface area contributed by atoms with Crippen LogP contribution in [0.3, 0.4) is 0 Å². The van der Waals surface area contributed by atoms with E-state index in [-0.39, 0.29) is 5.92 Å². The molecule has 0 bridgehead atoms. The number of aromatic nitrogens is 2. The lowest BCUT2D eigenvalue weighted by molar-refractivity contribution is 0.188. The standard InChI is InChI=1S/C19H23ClN4O/c20-18-4-5-19(25-10-2-8-23-9-6-22-15-23)17(11-18)14-24-7-1-3-16(12-21)13-24/h4-6,9,11,15-16H,1-3,7-8,10,13-14H2. The Bertz CT molecular complexity index is 711. The van der Waals surface area contributed by atoms with E-state index in [1.54, 1.807) is 6.20 Å². The zero-order valence-corrected chi connectivity index (χ0v) is 15.0. The molecule has 1 fully saturated rings. The molecule has 1 aliphatic heterocycles. The van der Waals surface area contributed by atoms with Gasteiger partial charge < -0.3 is 9.30 Å². The summed E-state index contributed by atoms with van der Waals surface area (Å²) < 4.78 is 8.04. The van der Waals surface area contributed by atoms with E-state index in [9.17, 15) is 0 Å². The van der Waals surface area contributed by atoms with Crippen molar-refractivity contribution in [3.63, 3.8) is 0 Å². The summed E-state index contributed by atoms with van der Waals surface area (Å²) in [5.41, 5.74) is 1.09. The molecule has 0 saturated carbocycles. The summed E-state index contributed by atoms with van der Waals surface area (Å²) in [6.45, 7) is 4.15. The average molecular weight is 359 g/mol. The number of rotatable bonds is 7. The Kier molecular flexibility index (Phi) is 6.32. The zero-order chi connectivity index (χ0) is 17.5. The van der Waals surface area contributed by atoms with Crippen LogP contribution >= 0.6 is 11.6 Å². The Balaban J connectivity index is 1.57. The summed E-state index contributed by atoms with van der Waals surface area (Å²) in [4.78, 5) is 6.36. The maximum absolute atomic E-state index is 9.17. The summed E-state index contributed by atoms with van der Waals surface area (Å²) in [7, 11) is 0. The van der Waals surface area contributed by atoms with Crippen molar-refractivity contribution < 1.29 is 4.74 Å². The number of hydrogen-bond acceptors (Lipinski definition) is 4. The molecule has 2 aromatic rings. The molecule has 1 aromatic heterocycles. The topological polar surface area (TPSA) is 54.1 Å². The second-order valence-corrected chi connectivity index (χ2v) is 6.89. The van der Waals surface area contributed by atoms with Crippen LogP contribution in [-0.4, -0.2) is 34.1 Å². The first-order valence-corrected chi connectivity index (χ1v) is 9.11. The van der Waals surface area contributed by atoms with Crippen LogP contribution in [-0.2, 0) is 13.1 Å². The highest BCUT2D eigenvalue weighted by Gasteiger charge is 2.20. The van der Waals surface area contributed by atoms with Crippen molar-refractivity contribution >= 4 is 11.6 Å². The Morgan fingerprint density at radius 2 is 2.32 bits per heavy atom. The third kappa shape index (κ3) is 5.22. The molecule has 1 aromatic carbocycles. The number of likely N-dealkylation sites (tertiary alicyclic amines) is 1. The molecule has 0 radical (unpaired) electrons. The zero-order valence-electron chi connectivity index (χ0n) is 14.3. The summed E-state index contributed by atoms with van der Waals surface area (Å²) in [5, 5.41) is 9.88. The van der Waals surface area contributed by atoms with E-state index in [2.05, 4.69) is 16.0 Å². The molecular formula is C19H23ClN4O. The van der Waals surface area contributed by atoms with Crippen molar-refractivity contribution in [1.82, 2.24) is 14.5 Å². The monoisotopic (exact) mass is 358 g/mol. The van der Waals surface area contributed by atoms with Gasteiger partial charge in [0.2, 0.25) is 0 Å². The second-order valence-electron chi connectivity index (χ2n) is 6.46. The Hall–Kier alpha value is -2.03. The van der Waals surface area contributed by atoms with Gasteiger partial charge in [-0.05, 0) is 44.0 Å². The van der Waals surface area contributed by atoms with E-state index < -0.39 is 0 Å². The molecule has 0 spiro atoms. The van der Waals surface area contributed by atoms with Crippen molar-refractivity contribution in [3.8, 4) is 11.8 Å². The molecule has 5 nitrogen and oxygen atoms in total. The number of nitrogens with zero attached hydrogens (tertiary/aromatic N) is 4. The molecule has 0 N–H and O–H groups in total. The lowest BCUT2D eigenvalue weighted by atomic mass is 9.99. The molecular weight excluding hydrogens is 336 g/mol. The molecule has 3 rings (SSSR count). The number of halogens is 1. The fourth-order valence-corrected chi connectivity index (χ4v) is 3.40. The van der Waals surface area contributed by atoms with Gasteiger partial charge in [0.15, 0.2) is 0 Å². The molecule has 2 heterocycles. The first-order chi connectivity index (χ1) is 12.2. The van der Waals surface area contributed by atoms with Crippen molar-refractivity contribution in [2.45, 2.75) is 32.4 Å². The largest absolute Gasteiger partial charge is 0.493 e. The fourth-order valence-electron chi connectivity index (χ4n) is 3.21. The van der Waals surface area contributed by atoms with E-state index in [1.165, 1.54) is 0 Å². The number of aryl methyl sites for hydroxylation is 1. The van der Waals surface area contributed by atoms with Gasteiger partial charge in [0.05, 0.1) is 24.9 Å². The highest BCUT2D eigenvalue weighted by Crippen LogP contribution is 2.26. The predicted molar refractivity (Wildman–Crippen MR) is 97.4 cm³/mol. The van der Waals surface area contributed by atoms with Crippen LogP contribution in [0.15, 0.2) is 36.9 Å². The lowest BCUT2D eigenvalue weighted by Crippen LogP contribution is -2.34. The van der Waals surface area contributed by atoms with E-state index in [0.717, 1.165) is 61.8 Å². The lowest BCUT2D eigenvalue weighted by Gasteiger charge is -2.30. The van der Waals surface area contributed by atoms with E-state index in [0.29, 0.717) is 6.61 Å². The van der Waals surface area contributed by atoms with E-state index in [1.807, 2.05) is 35.3 Å². The highest BCUT2D eigenvalue weighted by atomic mass is 35.5. The van der Waals surface area contributed by atoms with Crippen LogP contribution in [0.5, 0.6) is 5.75 Å². The average Bonchev–Trinajstić information content (AvgIpc) is 3.14. The maximum atomic E-state index is 9.17. The van der Waals surface area contributed by atoms with Crippen molar-refractivity contribution in [3.05, 3.63) is 47.5 Å². The summed E-state index contributed by atoms with van der Waals surface area (Å²) in [6, 6.07) is 8.18. The Morgan fingerprint density at radius 3 is 3.12 bits per heavy atom. The molecule has 1 unspecified atom stereocenters. The van der Waals surface area contributed by atoms with E-state index >= 15 is 0 Å². The molecule has 1 atom stereocenters. The quantitative estimate of drug-likeness (QED) is 0.707. The van der Waals surface area contributed by atoms with Crippen molar-refractivity contribution in [1.29, 1.82) is 5.26 Å². The molecule has 6 heteroatoms. The number of piperidine rings is 1. The van der Waals surface area contributed by atoms with Gasteiger partial charge in [-0.25, -0.2) is 4.98 Å². The van der Waals surface area contributed by atoms with Crippen molar-refractivity contribution in [2.24, 2.45) is 5.92 Å². The minimum atomic E-state index is 0.132. The number of nitriles is 1. The van der Waals surface area contributed by atoms with Crippen LogP contribution in [0.2, 0.25) is 5.02 Å². The minimum absolute atomic E-state index is 0.132. The van der Waals surface area contributed by atoms with Gasteiger partial charge in [0.25, 0.3) is 0 Å². The summed E-state index contributed by atoms with van der Waals surface area (Å²) >= 11 is 6.18. The Morgan fingerprint density at radius 1 is 1.40 bits per heavy atom. The molecule has 1 saturated heterocycles. The van der Waals surface area contributed by atoms with Crippen LogP contribution in [0.4, 0.5) is 0 Å². The van der Waals surface area contributed by atoms with Gasteiger partial charge in [-0.2, -0.15) is 5.26 Å². The second kappa shape index (κ2) is 8.89. The highest BCUT2D eigenvalue weighted by molar-refractivity contribution is 6.30.